The van der Waals surface area contributed by atoms with Gasteiger partial charge in [0.1, 0.15) is 5.76 Å². The van der Waals surface area contributed by atoms with E-state index in [1.165, 1.54) is 11.4 Å². The molecule has 0 radical (unpaired) electrons. The summed E-state index contributed by atoms with van der Waals surface area (Å²) in [5.41, 5.74) is 2.18. The third-order valence-electron chi connectivity index (χ3n) is 4.21. The molecule has 1 unspecified atom stereocenters. The first-order valence-corrected chi connectivity index (χ1v) is 12.3. The van der Waals surface area contributed by atoms with Crippen molar-refractivity contribution < 1.29 is 18.4 Å². The summed E-state index contributed by atoms with van der Waals surface area (Å²) in [6.45, 7) is 6.82. The van der Waals surface area contributed by atoms with Crippen molar-refractivity contribution in [3.63, 3.8) is 0 Å². The Balaban J connectivity index is 2.52. The number of hydrogen-bond acceptors (Lipinski definition) is 5. The highest BCUT2D eigenvalue weighted by atomic mass is 32.7. The molecule has 0 aromatic heterocycles. The van der Waals surface area contributed by atoms with Gasteiger partial charge in [0.2, 0.25) is 0 Å². The number of Topliss-reactive ketones (excluding diaryl/α,β-unsaturated/α-hetero) is 1. The zero-order valence-electron chi connectivity index (χ0n) is 16.3. The molecule has 1 aliphatic carbocycles. The molecule has 26 heavy (non-hydrogen) atoms. The number of ketones is 1. The van der Waals surface area contributed by atoms with Gasteiger partial charge in [0.05, 0.1) is 12.2 Å². The van der Waals surface area contributed by atoms with Crippen LogP contribution < -0.4 is 0 Å². The van der Waals surface area contributed by atoms with Crippen molar-refractivity contribution >= 4 is 29.5 Å². The van der Waals surface area contributed by atoms with E-state index in [4.69, 9.17) is 9.05 Å². The van der Waals surface area contributed by atoms with Gasteiger partial charge >= 0.3 is 6.80 Å². The fourth-order valence-corrected chi connectivity index (χ4v) is 6.60. The fourth-order valence-electron chi connectivity index (χ4n) is 3.08. The number of rotatable bonds is 8. The van der Waals surface area contributed by atoms with Gasteiger partial charge in [0, 0.05) is 18.6 Å². The fraction of sp³-hybridized carbons (Fsp3) is 0.550. The Hall–Kier alpha value is -1.03. The van der Waals surface area contributed by atoms with Gasteiger partial charge < -0.3 is 4.52 Å². The molecule has 1 aliphatic rings. The van der Waals surface area contributed by atoms with E-state index in [1.807, 2.05) is 52.0 Å². The van der Waals surface area contributed by atoms with Gasteiger partial charge in [0.25, 0.3) is 0 Å². The topological polar surface area (TPSA) is 52.6 Å². The average molecular weight is 396 g/mol. The molecule has 0 fully saturated rings. The predicted octanol–water partition coefficient (Wildman–Crippen LogP) is 6.40. The second-order valence-corrected chi connectivity index (χ2v) is 11.5. The van der Waals surface area contributed by atoms with Gasteiger partial charge in [0.15, 0.2) is 5.78 Å². The van der Waals surface area contributed by atoms with Gasteiger partial charge in [-0.15, -0.1) is 0 Å². The van der Waals surface area contributed by atoms with E-state index in [0.29, 0.717) is 36.5 Å². The summed E-state index contributed by atoms with van der Waals surface area (Å²) in [6.07, 6.45) is 1.88. The van der Waals surface area contributed by atoms with Crippen LogP contribution in [0.1, 0.15) is 58.1 Å². The minimum Gasteiger partial charge on any atom is -0.421 e. The molecule has 0 N–H and O–H groups in total. The molecular formula is C20H29O4PS. The van der Waals surface area contributed by atoms with Crippen LogP contribution in [0, 0.1) is 12.3 Å². The number of aryl methyl sites for hydroxylation is 1. The molecule has 0 heterocycles. The Morgan fingerprint density at radius 2 is 1.88 bits per heavy atom. The van der Waals surface area contributed by atoms with E-state index in [-0.39, 0.29) is 11.2 Å². The lowest BCUT2D eigenvalue weighted by atomic mass is 9.75. The number of allylic oxidation sites excluding steroid dienone is 2. The lowest BCUT2D eigenvalue weighted by Gasteiger charge is -2.33. The number of carbonyl (C=O) groups excluding carboxylic acids is 1. The highest BCUT2D eigenvalue weighted by Gasteiger charge is 2.38. The molecule has 0 amide bonds. The quantitative estimate of drug-likeness (QED) is 0.476. The van der Waals surface area contributed by atoms with E-state index in [9.17, 15) is 9.36 Å². The molecule has 1 atom stereocenters. The summed E-state index contributed by atoms with van der Waals surface area (Å²) in [4.78, 5) is 13.0. The van der Waals surface area contributed by atoms with Crippen LogP contribution in [-0.4, -0.2) is 18.1 Å². The van der Waals surface area contributed by atoms with Crippen molar-refractivity contribution in [3.8, 4) is 0 Å². The van der Waals surface area contributed by atoms with E-state index in [0.717, 1.165) is 17.5 Å². The van der Waals surface area contributed by atoms with Crippen molar-refractivity contribution in [1.29, 1.82) is 0 Å². The van der Waals surface area contributed by atoms with Crippen molar-refractivity contribution in [3.05, 3.63) is 41.2 Å². The second kappa shape index (κ2) is 8.77. The van der Waals surface area contributed by atoms with Crippen molar-refractivity contribution in [2.75, 3.05) is 12.4 Å². The van der Waals surface area contributed by atoms with Crippen LogP contribution in [0.4, 0.5) is 0 Å². The third kappa shape index (κ3) is 5.25. The molecule has 0 saturated carbocycles. The zero-order valence-corrected chi connectivity index (χ0v) is 18.0. The smallest absolute Gasteiger partial charge is 0.421 e. The molecular weight excluding hydrogens is 367 g/mol. The Labute approximate surface area is 161 Å². The van der Waals surface area contributed by atoms with Crippen molar-refractivity contribution in [2.24, 2.45) is 5.41 Å². The molecule has 6 heteroatoms. The van der Waals surface area contributed by atoms with Gasteiger partial charge in [-0.05, 0) is 48.2 Å². The molecule has 0 saturated heterocycles. The summed E-state index contributed by atoms with van der Waals surface area (Å²) in [5, 5.41) is 0. The number of carbonyl (C=O) groups is 1. The molecule has 144 valence electrons. The van der Waals surface area contributed by atoms with Crippen LogP contribution >= 0.6 is 18.2 Å². The number of hydrogen-bond donors (Lipinski definition) is 0. The summed E-state index contributed by atoms with van der Waals surface area (Å²) >= 11 is 1.21. The maximum absolute atomic E-state index is 13.2. The van der Waals surface area contributed by atoms with E-state index < -0.39 is 6.80 Å². The van der Waals surface area contributed by atoms with Crippen LogP contribution in [0.25, 0.3) is 5.57 Å². The van der Waals surface area contributed by atoms with Crippen LogP contribution in [0.3, 0.4) is 0 Å². The third-order valence-corrected chi connectivity index (χ3v) is 8.17. The standard InChI is InChI=1S/C20H29O4PS/c1-6-12-26-25(22,23-7-2)24-18-14-20(4,5)13-17(21)19(18)16-11-9-8-10-15(16)3/h8-11H,6-7,12-14H2,1-5H3. The normalized spacial score (nSPS) is 19.3. The van der Waals surface area contributed by atoms with Crippen LogP contribution in [-0.2, 0) is 18.4 Å². The molecule has 0 aliphatic heterocycles. The molecule has 4 nitrogen and oxygen atoms in total. The van der Waals surface area contributed by atoms with E-state index in [2.05, 4.69) is 0 Å². The summed E-state index contributed by atoms with van der Waals surface area (Å²) in [7, 11) is 0. The minimum absolute atomic E-state index is 0.0362. The molecule has 1 aromatic carbocycles. The van der Waals surface area contributed by atoms with Crippen molar-refractivity contribution in [1.82, 2.24) is 0 Å². The largest absolute Gasteiger partial charge is 0.439 e. The Morgan fingerprint density at radius 1 is 1.19 bits per heavy atom. The van der Waals surface area contributed by atoms with Crippen LogP contribution in [0.15, 0.2) is 30.0 Å². The maximum atomic E-state index is 13.2. The molecule has 1 aromatic rings. The SMILES string of the molecule is CCCSP(=O)(OCC)OC1=C(c2ccccc2C)C(=O)CC(C)(C)C1. The molecule has 2 rings (SSSR count). The van der Waals surface area contributed by atoms with Gasteiger partial charge in [-0.2, -0.15) is 0 Å². The zero-order chi connectivity index (χ0) is 19.4. The number of benzene rings is 1. The summed E-state index contributed by atoms with van der Waals surface area (Å²) in [6, 6.07) is 7.75. The van der Waals surface area contributed by atoms with Crippen LogP contribution in [0.5, 0.6) is 0 Å². The maximum Gasteiger partial charge on any atom is 0.439 e. The minimum atomic E-state index is -3.35. The highest BCUT2D eigenvalue weighted by molar-refractivity contribution is 8.55. The lowest BCUT2D eigenvalue weighted by Crippen LogP contribution is -2.26. The highest BCUT2D eigenvalue weighted by Crippen LogP contribution is 2.63. The first kappa shape index (κ1) is 21.3. The van der Waals surface area contributed by atoms with E-state index >= 15 is 0 Å². The van der Waals surface area contributed by atoms with Gasteiger partial charge in [-0.25, -0.2) is 4.57 Å². The Bertz CT molecular complexity index is 739. The summed E-state index contributed by atoms with van der Waals surface area (Å²) < 4.78 is 24.7. The lowest BCUT2D eigenvalue weighted by molar-refractivity contribution is -0.116. The monoisotopic (exact) mass is 396 g/mol. The second-order valence-electron chi connectivity index (χ2n) is 7.34. The van der Waals surface area contributed by atoms with Crippen molar-refractivity contribution in [2.45, 2.75) is 53.9 Å². The van der Waals surface area contributed by atoms with E-state index in [1.54, 1.807) is 6.92 Å². The Morgan fingerprint density at radius 3 is 2.50 bits per heavy atom. The summed E-state index contributed by atoms with van der Waals surface area (Å²) in [5.74, 6) is 1.22. The van der Waals surface area contributed by atoms with Gasteiger partial charge in [-0.1, -0.05) is 45.0 Å². The average Bonchev–Trinajstić information content (AvgIpc) is 2.53. The first-order chi connectivity index (χ1) is 12.2. The predicted molar refractivity (Wildman–Crippen MR) is 109 cm³/mol. The molecule has 0 bridgehead atoms. The van der Waals surface area contributed by atoms with Gasteiger partial charge in [-0.3, -0.25) is 9.32 Å². The van der Waals surface area contributed by atoms with Crippen LogP contribution in [0.2, 0.25) is 0 Å². The Kier molecular flexibility index (Phi) is 7.18. The first-order valence-electron chi connectivity index (χ1n) is 9.12. The molecule has 0 spiro atoms.